The van der Waals surface area contributed by atoms with Crippen LogP contribution in [0.3, 0.4) is 0 Å². The van der Waals surface area contributed by atoms with E-state index >= 15 is 0 Å². The van der Waals surface area contributed by atoms with Crippen molar-refractivity contribution in [2.45, 2.75) is 26.9 Å². The molecule has 2 N–H and O–H groups in total. The Hall–Kier alpha value is -1.60. The first-order valence-electron chi connectivity index (χ1n) is 11.0. The van der Waals surface area contributed by atoms with Crippen LogP contribution >= 0.6 is 0 Å². The Morgan fingerprint density at radius 2 is 1.00 bits per heavy atom. The van der Waals surface area contributed by atoms with Crippen LogP contribution in [0.1, 0.15) is 20.8 Å². The van der Waals surface area contributed by atoms with Gasteiger partial charge < -0.3 is 24.9 Å². The second kappa shape index (κ2) is 19.4. The number of nitrogens with zero attached hydrogens (tertiary/aromatic N) is 4. The van der Waals surface area contributed by atoms with Crippen molar-refractivity contribution in [1.29, 1.82) is 0 Å². The highest BCUT2D eigenvalue weighted by molar-refractivity contribution is 4.82. The van der Waals surface area contributed by atoms with Crippen LogP contribution in [0.15, 0.2) is 41.8 Å². The van der Waals surface area contributed by atoms with Gasteiger partial charge in [0.2, 0.25) is 0 Å². The molecule has 0 bridgehead atoms. The van der Waals surface area contributed by atoms with Crippen LogP contribution in [0.2, 0.25) is 0 Å². The Bertz CT molecular complexity index is 567. The topological polar surface area (TPSA) is 53.4 Å². The molecule has 1 atom stereocenters. The van der Waals surface area contributed by atoms with Crippen LogP contribution in [0, 0.1) is 0 Å². The van der Waals surface area contributed by atoms with Gasteiger partial charge in [0.1, 0.15) is 0 Å². The fourth-order valence-corrected chi connectivity index (χ4v) is 3.19. The SMILES string of the molecule is C=C=C=C=C=C=C.CCN1CCN(CC)CCN(CC(O)CO)CCN(CC)CC1. The van der Waals surface area contributed by atoms with Gasteiger partial charge in [-0.2, -0.15) is 0 Å². The lowest BCUT2D eigenvalue weighted by Gasteiger charge is -2.33. The molecule has 170 valence electrons. The molecule has 0 aromatic carbocycles. The molecule has 1 saturated heterocycles. The van der Waals surface area contributed by atoms with Crippen LogP contribution in [0.4, 0.5) is 0 Å². The van der Waals surface area contributed by atoms with Crippen molar-refractivity contribution in [3.63, 3.8) is 0 Å². The maximum Gasteiger partial charge on any atom is 0.0897 e. The number of hydrogen-bond acceptors (Lipinski definition) is 6. The molecule has 0 aromatic rings. The molecular weight excluding hydrogens is 376 g/mol. The third kappa shape index (κ3) is 14.4. The van der Waals surface area contributed by atoms with E-state index in [1.54, 1.807) is 0 Å². The molecule has 1 heterocycles. The Labute approximate surface area is 184 Å². The number of aliphatic hydroxyl groups excluding tert-OH is 2. The summed E-state index contributed by atoms with van der Waals surface area (Å²) in [6, 6.07) is 0. The van der Waals surface area contributed by atoms with Crippen molar-refractivity contribution >= 4 is 0 Å². The van der Waals surface area contributed by atoms with Gasteiger partial charge in [-0.15, -0.1) is 0 Å². The van der Waals surface area contributed by atoms with Crippen LogP contribution in [-0.4, -0.2) is 121 Å². The normalized spacial score (nSPS) is 18.7. The molecule has 1 aliphatic rings. The molecule has 6 nitrogen and oxygen atoms in total. The minimum atomic E-state index is -0.636. The van der Waals surface area contributed by atoms with Crippen molar-refractivity contribution in [2.75, 3.05) is 85.1 Å². The monoisotopic (exact) mass is 418 g/mol. The third-order valence-corrected chi connectivity index (χ3v) is 5.25. The van der Waals surface area contributed by atoms with Gasteiger partial charge >= 0.3 is 0 Å². The molecule has 6 heteroatoms. The molecular formula is C24H42N4O2. The summed E-state index contributed by atoms with van der Waals surface area (Å²) in [6.07, 6.45) is -0.636. The van der Waals surface area contributed by atoms with E-state index in [-0.39, 0.29) is 6.61 Å². The second-order valence-corrected chi connectivity index (χ2v) is 7.17. The number of aliphatic hydroxyl groups is 2. The summed E-state index contributed by atoms with van der Waals surface area (Å²) in [5.41, 5.74) is 12.0. The van der Waals surface area contributed by atoms with Crippen molar-refractivity contribution < 1.29 is 10.2 Å². The highest BCUT2D eigenvalue weighted by Gasteiger charge is 2.16. The predicted octanol–water partition coefficient (Wildman–Crippen LogP) is 1.20. The standard InChI is InChI=1S/C17H38N4O2.C7H4/c1-4-18-7-9-19(5-2)11-13-21(15-17(23)16-22)14-12-20(6-3)10-8-18;1-3-5-7-6-4-2/h17,22-23H,4-16H2,1-3H3;1-2H2. The van der Waals surface area contributed by atoms with E-state index in [4.69, 9.17) is 5.11 Å². The van der Waals surface area contributed by atoms with Gasteiger partial charge in [-0.1, -0.05) is 32.2 Å². The van der Waals surface area contributed by atoms with Crippen molar-refractivity contribution in [1.82, 2.24) is 19.6 Å². The number of likely N-dealkylation sites (N-methyl/N-ethyl adjacent to an activating group) is 3. The zero-order valence-corrected chi connectivity index (χ0v) is 19.4. The first kappa shape index (κ1) is 28.4. The van der Waals surface area contributed by atoms with Crippen LogP contribution in [0.25, 0.3) is 0 Å². The Balaban J connectivity index is 0.00000103. The van der Waals surface area contributed by atoms with Gasteiger partial charge in [0.25, 0.3) is 0 Å². The quantitative estimate of drug-likeness (QED) is 0.632. The van der Waals surface area contributed by atoms with Gasteiger partial charge in [-0.3, -0.25) is 4.90 Å². The molecule has 30 heavy (non-hydrogen) atoms. The lowest BCUT2D eigenvalue weighted by molar-refractivity contribution is 0.0499. The fraction of sp³-hybridized carbons (Fsp3) is 0.708. The molecule has 1 aliphatic heterocycles. The van der Waals surface area contributed by atoms with Crippen molar-refractivity contribution in [3.05, 3.63) is 41.8 Å². The van der Waals surface area contributed by atoms with E-state index in [1.807, 2.05) is 0 Å². The summed E-state index contributed by atoms with van der Waals surface area (Å²) in [5.74, 6) is 0. The molecule has 1 fully saturated rings. The molecule has 1 rings (SSSR count). The Morgan fingerprint density at radius 3 is 1.27 bits per heavy atom. The van der Waals surface area contributed by atoms with Gasteiger partial charge in [0.15, 0.2) is 0 Å². The summed E-state index contributed by atoms with van der Waals surface area (Å²) >= 11 is 0. The van der Waals surface area contributed by atoms with E-state index in [0.29, 0.717) is 6.54 Å². The number of β-amino-alcohol motifs (C(OH)–C–C–N with tert-alkyl or cyclic N) is 1. The summed E-state index contributed by atoms with van der Waals surface area (Å²) in [6.45, 7) is 25.2. The number of hydrogen-bond donors (Lipinski definition) is 2. The van der Waals surface area contributed by atoms with Crippen LogP contribution in [0.5, 0.6) is 0 Å². The van der Waals surface area contributed by atoms with Crippen LogP contribution in [-0.2, 0) is 0 Å². The van der Waals surface area contributed by atoms with Gasteiger partial charge in [0.05, 0.1) is 12.7 Å². The maximum absolute atomic E-state index is 9.79. The molecule has 0 aromatic heterocycles. The third-order valence-electron chi connectivity index (χ3n) is 5.25. The first-order chi connectivity index (χ1) is 14.5. The summed E-state index contributed by atoms with van der Waals surface area (Å²) in [4.78, 5) is 9.81. The molecule has 0 radical (unpaired) electrons. The highest BCUT2D eigenvalue weighted by Crippen LogP contribution is 2.01. The average Bonchev–Trinajstić information content (AvgIpc) is 2.76. The lowest BCUT2D eigenvalue weighted by Crippen LogP contribution is -2.47. The minimum absolute atomic E-state index is 0.156. The maximum atomic E-state index is 9.79. The van der Waals surface area contributed by atoms with Gasteiger partial charge in [-0.05, 0) is 50.0 Å². The Kier molecular flexibility index (Phi) is 18.3. The second-order valence-electron chi connectivity index (χ2n) is 7.17. The molecule has 0 saturated carbocycles. The predicted molar refractivity (Wildman–Crippen MR) is 125 cm³/mol. The molecule has 0 amide bonds. The van der Waals surface area contributed by atoms with Crippen molar-refractivity contribution in [2.24, 2.45) is 0 Å². The Morgan fingerprint density at radius 1 is 0.667 bits per heavy atom. The molecule has 1 unspecified atom stereocenters. The van der Waals surface area contributed by atoms with E-state index in [1.165, 1.54) is 0 Å². The lowest BCUT2D eigenvalue weighted by atomic mass is 10.3. The largest absolute Gasteiger partial charge is 0.394 e. The van der Waals surface area contributed by atoms with Gasteiger partial charge in [0, 0.05) is 58.9 Å². The van der Waals surface area contributed by atoms with Crippen molar-refractivity contribution in [3.8, 4) is 0 Å². The van der Waals surface area contributed by atoms with E-state index < -0.39 is 6.10 Å². The zero-order chi connectivity index (χ0) is 22.6. The number of rotatable bonds is 6. The summed E-state index contributed by atoms with van der Waals surface area (Å²) in [5, 5.41) is 18.9. The highest BCUT2D eigenvalue weighted by atomic mass is 16.3. The van der Waals surface area contributed by atoms with Crippen LogP contribution < -0.4 is 0 Å². The van der Waals surface area contributed by atoms with E-state index in [9.17, 15) is 5.11 Å². The van der Waals surface area contributed by atoms with Gasteiger partial charge in [-0.25, -0.2) is 0 Å². The zero-order valence-electron chi connectivity index (χ0n) is 19.4. The summed E-state index contributed by atoms with van der Waals surface area (Å²) < 4.78 is 0. The average molecular weight is 419 g/mol. The molecule has 0 aliphatic carbocycles. The smallest absolute Gasteiger partial charge is 0.0897 e. The summed E-state index contributed by atoms with van der Waals surface area (Å²) in [7, 11) is 0. The van der Waals surface area contributed by atoms with E-state index in [0.717, 1.165) is 72.0 Å². The van der Waals surface area contributed by atoms with E-state index in [2.05, 4.69) is 82.2 Å². The first-order valence-corrected chi connectivity index (χ1v) is 11.0. The molecule has 0 spiro atoms. The minimum Gasteiger partial charge on any atom is -0.394 e. The fourth-order valence-electron chi connectivity index (χ4n) is 3.19.